The Hall–Kier alpha value is -2.81. The molecule has 0 radical (unpaired) electrons. The fraction of sp³-hybridized carbons (Fsp3) is 0.500. The molecule has 1 N–H and O–H groups in total. The van der Waals surface area contributed by atoms with Gasteiger partial charge in [0.15, 0.2) is 17.6 Å². The van der Waals surface area contributed by atoms with Crippen LogP contribution in [0.3, 0.4) is 0 Å². The SMILES string of the molecule is COc1ccc([C@H]2NC(=O)CO[C@@H]2C(=O)N2CCN(C)C(=O)C2)cc1OC. The minimum Gasteiger partial charge on any atom is -0.493 e. The van der Waals surface area contributed by atoms with E-state index in [1.54, 1.807) is 30.1 Å². The number of benzene rings is 1. The number of rotatable bonds is 4. The number of morpholine rings is 1. The largest absolute Gasteiger partial charge is 0.493 e. The van der Waals surface area contributed by atoms with Crippen molar-refractivity contribution in [2.24, 2.45) is 0 Å². The summed E-state index contributed by atoms with van der Waals surface area (Å²) in [4.78, 5) is 39.9. The second-order valence-electron chi connectivity index (χ2n) is 6.47. The topological polar surface area (TPSA) is 97.4 Å². The van der Waals surface area contributed by atoms with E-state index < -0.39 is 12.1 Å². The summed E-state index contributed by atoms with van der Waals surface area (Å²) >= 11 is 0. The molecule has 0 spiro atoms. The Labute approximate surface area is 157 Å². The van der Waals surface area contributed by atoms with E-state index in [0.29, 0.717) is 30.2 Å². The molecule has 27 heavy (non-hydrogen) atoms. The predicted molar refractivity (Wildman–Crippen MR) is 94.4 cm³/mol. The highest BCUT2D eigenvalue weighted by molar-refractivity contribution is 5.90. The minimum absolute atomic E-state index is 0.00178. The molecule has 0 aliphatic carbocycles. The lowest BCUT2D eigenvalue weighted by Crippen LogP contribution is -2.58. The van der Waals surface area contributed by atoms with Crippen LogP contribution in [0.2, 0.25) is 0 Å². The highest BCUT2D eigenvalue weighted by Gasteiger charge is 2.40. The van der Waals surface area contributed by atoms with E-state index >= 15 is 0 Å². The van der Waals surface area contributed by atoms with Crippen molar-refractivity contribution in [3.63, 3.8) is 0 Å². The number of ether oxygens (including phenoxy) is 3. The maximum absolute atomic E-state index is 13.0. The van der Waals surface area contributed by atoms with Gasteiger partial charge in [-0.3, -0.25) is 14.4 Å². The Balaban J connectivity index is 1.86. The Bertz CT molecular complexity index is 753. The molecule has 3 amide bonds. The molecule has 1 aromatic carbocycles. The number of carbonyl (C=O) groups excluding carboxylic acids is 3. The number of likely N-dealkylation sites (N-methyl/N-ethyl adjacent to an activating group) is 1. The number of carbonyl (C=O) groups is 3. The predicted octanol–water partition coefficient (Wildman–Crippen LogP) is -0.439. The van der Waals surface area contributed by atoms with Crippen LogP contribution in [0.1, 0.15) is 11.6 Å². The molecule has 2 fully saturated rings. The fourth-order valence-electron chi connectivity index (χ4n) is 3.20. The lowest BCUT2D eigenvalue weighted by molar-refractivity contribution is -0.159. The quantitative estimate of drug-likeness (QED) is 0.764. The summed E-state index contributed by atoms with van der Waals surface area (Å²) in [6.45, 7) is 0.682. The molecule has 9 heteroatoms. The lowest BCUT2D eigenvalue weighted by atomic mass is 9.98. The zero-order valence-corrected chi connectivity index (χ0v) is 15.6. The molecule has 0 bridgehead atoms. The summed E-state index contributed by atoms with van der Waals surface area (Å²) in [7, 11) is 4.74. The zero-order chi connectivity index (χ0) is 19.6. The van der Waals surface area contributed by atoms with E-state index in [0.717, 1.165) is 0 Å². The van der Waals surface area contributed by atoms with Gasteiger partial charge in [0, 0.05) is 20.1 Å². The van der Waals surface area contributed by atoms with Crippen LogP contribution < -0.4 is 14.8 Å². The molecule has 1 aromatic rings. The molecule has 3 rings (SSSR count). The van der Waals surface area contributed by atoms with Gasteiger partial charge in [0.25, 0.3) is 5.91 Å². The first-order valence-electron chi connectivity index (χ1n) is 8.60. The van der Waals surface area contributed by atoms with E-state index in [1.807, 2.05) is 0 Å². The van der Waals surface area contributed by atoms with Gasteiger partial charge in [0.05, 0.1) is 26.8 Å². The molecular formula is C18H23N3O6. The number of nitrogens with one attached hydrogen (secondary N) is 1. The van der Waals surface area contributed by atoms with Crippen LogP contribution in [0.25, 0.3) is 0 Å². The average Bonchev–Trinajstić information content (AvgIpc) is 2.68. The van der Waals surface area contributed by atoms with Crippen molar-refractivity contribution in [3.05, 3.63) is 23.8 Å². The van der Waals surface area contributed by atoms with Crippen LogP contribution in [0.4, 0.5) is 0 Å². The number of piperazine rings is 1. The van der Waals surface area contributed by atoms with E-state index in [-0.39, 0.29) is 30.9 Å². The summed E-state index contributed by atoms with van der Waals surface area (Å²) in [5, 5.41) is 2.81. The summed E-state index contributed by atoms with van der Waals surface area (Å²) in [5.74, 6) is 0.259. The van der Waals surface area contributed by atoms with Gasteiger partial charge < -0.3 is 29.3 Å². The summed E-state index contributed by atoms with van der Waals surface area (Å²) in [6, 6.07) is 4.47. The number of methoxy groups -OCH3 is 2. The van der Waals surface area contributed by atoms with E-state index in [9.17, 15) is 14.4 Å². The molecule has 0 saturated carbocycles. The number of amides is 3. The van der Waals surface area contributed by atoms with E-state index in [2.05, 4.69) is 5.32 Å². The number of nitrogens with zero attached hydrogens (tertiary/aromatic N) is 2. The van der Waals surface area contributed by atoms with Crippen molar-refractivity contribution >= 4 is 17.7 Å². The summed E-state index contributed by atoms with van der Waals surface area (Å²) in [5.41, 5.74) is 0.652. The van der Waals surface area contributed by atoms with Crippen LogP contribution in [0.15, 0.2) is 18.2 Å². The lowest BCUT2D eigenvalue weighted by Gasteiger charge is -2.38. The number of hydrogen-bond acceptors (Lipinski definition) is 6. The van der Waals surface area contributed by atoms with Gasteiger partial charge in [0.1, 0.15) is 6.61 Å². The zero-order valence-electron chi connectivity index (χ0n) is 15.6. The van der Waals surface area contributed by atoms with Crippen molar-refractivity contribution in [2.45, 2.75) is 12.1 Å². The average molecular weight is 377 g/mol. The van der Waals surface area contributed by atoms with E-state index in [1.165, 1.54) is 19.1 Å². The van der Waals surface area contributed by atoms with Crippen LogP contribution in [-0.2, 0) is 19.1 Å². The molecule has 2 heterocycles. The smallest absolute Gasteiger partial charge is 0.254 e. The minimum atomic E-state index is -0.919. The van der Waals surface area contributed by atoms with Crippen LogP contribution in [0, 0.1) is 0 Å². The summed E-state index contributed by atoms with van der Waals surface area (Å²) in [6.07, 6.45) is -0.919. The monoisotopic (exact) mass is 377 g/mol. The first-order valence-corrected chi connectivity index (χ1v) is 8.60. The molecule has 2 saturated heterocycles. The molecule has 146 valence electrons. The van der Waals surface area contributed by atoms with Crippen LogP contribution in [0.5, 0.6) is 11.5 Å². The first kappa shape index (κ1) is 19.0. The molecular weight excluding hydrogens is 354 g/mol. The third-order valence-electron chi connectivity index (χ3n) is 4.79. The van der Waals surface area contributed by atoms with Crippen molar-refractivity contribution in [3.8, 4) is 11.5 Å². The highest BCUT2D eigenvalue weighted by Crippen LogP contribution is 2.33. The van der Waals surface area contributed by atoms with Gasteiger partial charge in [-0.15, -0.1) is 0 Å². The van der Waals surface area contributed by atoms with Crippen LogP contribution in [-0.4, -0.2) is 81.1 Å². The van der Waals surface area contributed by atoms with Gasteiger partial charge in [-0.2, -0.15) is 0 Å². The van der Waals surface area contributed by atoms with Gasteiger partial charge in [-0.05, 0) is 17.7 Å². The third kappa shape index (κ3) is 3.82. The molecule has 0 unspecified atom stereocenters. The Morgan fingerprint density at radius 2 is 1.93 bits per heavy atom. The third-order valence-corrected chi connectivity index (χ3v) is 4.79. The first-order chi connectivity index (χ1) is 12.9. The molecule has 2 aliphatic heterocycles. The Morgan fingerprint density at radius 3 is 2.59 bits per heavy atom. The van der Waals surface area contributed by atoms with Gasteiger partial charge in [-0.1, -0.05) is 6.07 Å². The highest BCUT2D eigenvalue weighted by atomic mass is 16.5. The normalized spacial score (nSPS) is 23.1. The Kier molecular flexibility index (Phi) is 5.50. The second-order valence-corrected chi connectivity index (χ2v) is 6.47. The van der Waals surface area contributed by atoms with Crippen molar-refractivity contribution < 1.29 is 28.6 Å². The molecule has 2 atom stereocenters. The maximum Gasteiger partial charge on any atom is 0.254 e. The van der Waals surface area contributed by atoms with Crippen molar-refractivity contribution in [1.29, 1.82) is 0 Å². The van der Waals surface area contributed by atoms with Gasteiger partial charge in [0.2, 0.25) is 11.8 Å². The Morgan fingerprint density at radius 1 is 1.19 bits per heavy atom. The van der Waals surface area contributed by atoms with Gasteiger partial charge in [-0.25, -0.2) is 0 Å². The van der Waals surface area contributed by atoms with Gasteiger partial charge >= 0.3 is 0 Å². The van der Waals surface area contributed by atoms with Crippen molar-refractivity contribution in [2.75, 3.05) is 47.5 Å². The summed E-state index contributed by atoms with van der Waals surface area (Å²) < 4.78 is 16.1. The van der Waals surface area contributed by atoms with E-state index in [4.69, 9.17) is 14.2 Å². The second kappa shape index (κ2) is 7.83. The molecule has 9 nitrogen and oxygen atoms in total. The standard InChI is InChI=1S/C18H23N3O6/c1-20-6-7-21(9-15(20)23)18(24)17-16(19-14(22)10-27-17)11-4-5-12(25-2)13(8-11)26-3/h4-5,8,16-17H,6-7,9-10H2,1-3H3,(H,19,22)/t16-,17+/m1/s1. The number of hydrogen-bond donors (Lipinski definition) is 1. The molecule has 2 aliphatic rings. The van der Waals surface area contributed by atoms with Crippen molar-refractivity contribution in [1.82, 2.24) is 15.1 Å². The van der Waals surface area contributed by atoms with Crippen LogP contribution >= 0.6 is 0 Å². The fourth-order valence-corrected chi connectivity index (χ4v) is 3.20. The molecule has 0 aromatic heterocycles. The maximum atomic E-state index is 13.0.